The van der Waals surface area contributed by atoms with E-state index in [1.54, 1.807) is 20.8 Å². The number of benzene rings is 1. The Kier molecular flexibility index (Phi) is 6.28. The summed E-state index contributed by atoms with van der Waals surface area (Å²) in [6.45, 7) is 5.14. The van der Waals surface area contributed by atoms with Crippen molar-refractivity contribution in [1.82, 2.24) is 0 Å². The number of hydrogen-bond acceptors (Lipinski definition) is 4. The topological polar surface area (TPSA) is 80.7 Å². The molecule has 120 valence electrons. The summed E-state index contributed by atoms with van der Waals surface area (Å²) >= 11 is 0. The van der Waals surface area contributed by atoms with E-state index in [1.165, 1.54) is 0 Å². The Hall–Kier alpha value is -2.17. The highest BCUT2D eigenvalue weighted by Gasteiger charge is 2.34. The van der Waals surface area contributed by atoms with Crippen LogP contribution in [0.3, 0.4) is 0 Å². The van der Waals surface area contributed by atoms with Crippen LogP contribution in [0.2, 0.25) is 0 Å². The van der Waals surface area contributed by atoms with E-state index in [9.17, 15) is 14.4 Å². The summed E-state index contributed by atoms with van der Waals surface area (Å²) in [5, 5.41) is 9.15. The fraction of sp³-hybridized carbons (Fsp3) is 0.471. The molecule has 1 N–H and O–H groups in total. The average Bonchev–Trinajstić information content (AvgIpc) is 2.45. The molecule has 22 heavy (non-hydrogen) atoms. The summed E-state index contributed by atoms with van der Waals surface area (Å²) in [6, 6.07) is 9.20. The zero-order valence-electron chi connectivity index (χ0n) is 13.2. The number of ketones is 1. The van der Waals surface area contributed by atoms with Crippen LogP contribution in [-0.4, -0.2) is 22.8 Å². The Balaban J connectivity index is 2.50. The van der Waals surface area contributed by atoms with Crippen molar-refractivity contribution in [2.75, 3.05) is 0 Å². The largest absolute Gasteiger partial charge is 0.481 e. The molecule has 5 heteroatoms. The molecule has 5 nitrogen and oxygen atoms in total. The first-order chi connectivity index (χ1) is 10.2. The predicted molar refractivity (Wildman–Crippen MR) is 81.1 cm³/mol. The van der Waals surface area contributed by atoms with Gasteiger partial charge in [0.15, 0.2) is 5.78 Å². The summed E-state index contributed by atoms with van der Waals surface area (Å²) in [4.78, 5) is 35.0. The minimum Gasteiger partial charge on any atom is -0.481 e. The predicted octanol–water partition coefficient (Wildman–Crippen LogP) is 2.83. The number of carboxylic acids is 1. The maximum absolute atomic E-state index is 12.1. The fourth-order valence-corrected chi connectivity index (χ4v) is 1.96. The minimum absolute atomic E-state index is 0.0426. The van der Waals surface area contributed by atoms with Gasteiger partial charge < -0.3 is 9.84 Å². The number of ether oxygens (including phenoxy) is 1. The number of carboxylic acid groups (broad SMARTS) is 1. The minimum atomic E-state index is -1.20. The van der Waals surface area contributed by atoms with E-state index in [2.05, 4.69) is 0 Å². The lowest BCUT2D eigenvalue weighted by Crippen LogP contribution is -2.34. The van der Waals surface area contributed by atoms with Gasteiger partial charge in [0.05, 0.1) is 0 Å². The van der Waals surface area contributed by atoms with Gasteiger partial charge in [-0.05, 0) is 12.0 Å². The molecule has 0 saturated carbocycles. The molecule has 0 aliphatic heterocycles. The van der Waals surface area contributed by atoms with Crippen LogP contribution in [-0.2, 0) is 25.7 Å². The molecule has 1 aromatic carbocycles. The van der Waals surface area contributed by atoms with Crippen LogP contribution in [0.5, 0.6) is 0 Å². The van der Waals surface area contributed by atoms with Gasteiger partial charge in [0.25, 0.3) is 0 Å². The van der Waals surface area contributed by atoms with Gasteiger partial charge in [-0.25, -0.2) is 0 Å². The van der Waals surface area contributed by atoms with Crippen molar-refractivity contribution in [2.24, 2.45) is 11.3 Å². The van der Waals surface area contributed by atoms with Gasteiger partial charge in [0, 0.05) is 11.8 Å². The Morgan fingerprint density at radius 3 is 2.23 bits per heavy atom. The average molecular weight is 306 g/mol. The quantitative estimate of drug-likeness (QED) is 0.619. The lowest BCUT2D eigenvalue weighted by atomic mass is 9.81. The monoisotopic (exact) mass is 306 g/mol. The highest BCUT2D eigenvalue weighted by atomic mass is 16.5. The van der Waals surface area contributed by atoms with Gasteiger partial charge in [-0.2, -0.15) is 0 Å². The summed E-state index contributed by atoms with van der Waals surface area (Å²) in [5.74, 6) is -3.26. The van der Waals surface area contributed by atoms with Crippen LogP contribution in [0, 0.1) is 11.3 Å². The van der Waals surface area contributed by atoms with E-state index >= 15 is 0 Å². The highest BCUT2D eigenvalue weighted by Crippen LogP contribution is 2.23. The van der Waals surface area contributed by atoms with Crippen LogP contribution < -0.4 is 0 Å². The number of carbonyl (C=O) groups is 3. The summed E-state index contributed by atoms with van der Waals surface area (Å²) < 4.78 is 5.08. The van der Waals surface area contributed by atoms with Gasteiger partial charge in [0.2, 0.25) is 0 Å². The lowest BCUT2D eigenvalue weighted by Gasteiger charge is -2.21. The third-order valence-corrected chi connectivity index (χ3v) is 3.23. The lowest BCUT2D eigenvalue weighted by molar-refractivity contribution is -0.150. The van der Waals surface area contributed by atoms with E-state index < -0.39 is 23.3 Å². The van der Waals surface area contributed by atoms with Gasteiger partial charge >= 0.3 is 11.9 Å². The number of esters is 1. The van der Waals surface area contributed by atoms with Crippen molar-refractivity contribution in [3.05, 3.63) is 35.9 Å². The second kappa shape index (κ2) is 7.73. The normalized spacial score (nSPS) is 12.5. The van der Waals surface area contributed by atoms with Gasteiger partial charge in [-0.3, -0.25) is 14.4 Å². The second-order valence-electron chi connectivity index (χ2n) is 6.19. The second-order valence-corrected chi connectivity index (χ2v) is 6.19. The molecule has 0 aromatic heterocycles. The molecular weight excluding hydrogens is 284 g/mol. The standard InChI is InChI=1S/C17H22O5/c1-17(2,3)15(19)13(16(20)21)9-10-14(18)22-11-12-7-5-4-6-8-12/h4-8,13H,9-11H2,1-3H3,(H,20,21)/t13-/m0/s1. The third-order valence-electron chi connectivity index (χ3n) is 3.23. The van der Waals surface area contributed by atoms with E-state index in [0.717, 1.165) is 5.56 Å². The molecule has 0 fully saturated rings. The van der Waals surface area contributed by atoms with Gasteiger partial charge in [0.1, 0.15) is 12.5 Å². The number of Topliss-reactive ketones (excluding diaryl/α,β-unsaturated/α-hetero) is 1. The first-order valence-electron chi connectivity index (χ1n) is 7.18. The molecule has 1 rings (SSSR count). The zero-order valence-corrected chi connectivity index (χ0v) is 13.2. The van der Waals surface area contributed by atoms with E-state index in [4.69, 9.17) is 9.84 Å². The molecular formula is C17H22O5. The summed E-state index contributed by atoms with van der Waals surface area (Å²) in [7, 11) is 0. The summed E-state index contributed by atoms with van der Waals surface area (Å²) in [5.41, 5.74) is 0.105. The van der Waals surface area contributed by atoms with Crippen LogP contribution in [0.15, 0.2) is 30.3 Å². The number of aliphatic carboxylic acids is 1. The van der Waals surface area contributed by atoms with E-state index in [0.29, 0.717) is 0 Å². The maximum Gasteiger partial charge on any atom is 0.314 e. The molecule has 0 amide bonds. The smallest absolute Gasteiger partial charge is 0.314 e. The number of rotatable bonds is 7. The van der Waals surface area contributed by atoms with Crippen molar-refractivity contribution in [3.63, 3.8) is 0 Å². The molecule has 1 atom stereocenters. The molecule has 0 aliphatic rings. The Bertz CT molecular complexity index is 528. The third kappa shape index (κ3) is 5.68. The Morgan fingerprint density at radius 2 is 1.73 bits per heavy atom. The Morgan fingerprint density at radius 1 is 1.14 bits per heavy atom. The molecule has 0 aliphatic carbocycles. The molecule has 1 aromatic rings. The van der Waals surface area contributed by atoms with Crippen LogP contribution in [0.25, 0.3) is 0 Å². The van der Waals surface area contributed by atoms with Gasteiger partial charge in [-0.15, -0.1) is 0 Å². The number of carbonyl (C=O) groups excluding carboxylic acids is 2. The van der Waals surface area contributed by atoms with Crippen molar-refractivity contribution in [3.8, 4) is 0 Å². The molecule has 0 radical (unpaired) electrons. The molecule has 0 bridgehead atoms. The molecule has 0 unspecified atom stereocenters. The maximum atomic E-state index is 12.1. The molecule has 0 saturated heterocycles. The molecule has 0 heterocycles. The SMILES string of the molecule is CC(C)(C)C(=O)[C@H](CCC(=O)OCc1ccccc1)C(=O)O. The van der Waals surface area contributed by atoms with Crippen molar-refractivity contribution in [1.29, 1.82) is 0 Å². The van der Waals surface area contributed by atoms with Crippen molar-refractivity contribution >= 4 is 17.7 Å². The summed E-state index contributed by atoms with van der Waals surface area (Å²) in [6.07, 6.45) is -0.134. The number of hydrogen-bond donors (Lipinski definition) is 1. The van der Waals surface area contributed by atoms with Gasteiger partial charge in [-0.1, -0.05) is 51.1 Å². The van der Waals surface area contributed by atoms with Crippen molar-refractivity contribution in [2.45, 2.75) is 40.2 Å². The Labute approximate surface area is 130 Å². The fourth-order valence-electron chi connectivity index (χ4n) is 1.96. The highest BCUT2D eigenvalue weighted by molar-refractivity contribution is 6.01. The first-order valence-corrected chi connectivity index (χ1v) is 7.18. The van der Waals surface area contributed by atoms with Crippen LogP contribution in [0.1, 0.15) is 39.2 Å². The van der Waals surface area contributed by atoms with Crippen LogP contribution in [0.4, 0.5) is 0 Å². The van der Waals surface area contributed by atoms with Crippen molar-refractivity contribution < 1.29 is 24.2 Å². The van der Waals surface area contributed by atoms with E-state index in [-0.39, 0.29) is 25.2 Å². The van der Waals surface area contributed by atoms with Crippen LogP contribution >= 0.6 is 0 Å². The molecule has 0 spiro atoms. The first kappa shape index (κ1) is 17.9. The van der Waals surface area contributed by atoms with E-state index in [1.807, 2.05) is 30.3 Å². The zero-order chi connectivity index (χ0) is 16.8.